The second-order valence-electron chi connectivity index (χ2n) is 9.00. The standard InChI is InChI=1S/C25H30Cl2FN3O4S/c1-17(25(33)29-19-9-4-3-5-10-19)30(15-18-8-6-7-11-23(18)28)24(32)16-31(36(2,34)35)20-12-13-21(26)22(27)14-20/h6-8,11-14,17,19H,3-5,9-10,15-16H2,1-2H3,(H,29,33)/t17-/m1/s1. The number of carbonyl (C=O) groups excluding carboxylic acids is 2. The Morgan fingerprint density at radius 1 is 1.08 bits per heavy atom. The lowest BCUT2D eigenvalue weighted by molar-refractivity contribution is -0.139. The first-order valence-corrected chi connectivity index (χ1v) is 14.3. The molecule has 2 aromatic carbocycles. The Labute approximate surface area is 221 Å². The highest BCUT2D eigenvalue weighted by atomic mass is 35.5. The zero-order valence-corrected chi connectivity index (χ0v) is 22.5. The second-order valence-corrected chi connectivity index (χ2v) is 11.7. The molecule has 1 fully saturated rings. The highest BCUT2D eigenvalue weighted by Crippen LogP contribution is 2.29. The summed E-state index contributed by atoms with van der Waals surface area (Å²) < 4.78 is 40.6. The quantitative estimate of drug-likeness (QED) is 0.481. The van der Waals surface area contributed by atoms with Crippen molar-refractivity contribution < 1.29 is 22.4 Å². The van der Waals surface area contributed by atoms with Crippen LogP contribution in [0.4, 0.5) is 10.1 Å². The molecule has 1 aliphatic carbocycles. The molecule has 1 saturated carbocycles. The van der Waals surface area contributed by atoms with Crippen molar-refractivity contribution in [2.24, 2.45) is 0 Å². The van der Waals surface area contributed by atoms with Crippen LogP contribution in [0.3, 0.4) is 0 Å². The van der Waals surface area contributed by atoms with Crippen molar-refractivity contribution in [1.29, 1.82) is 0 Å². The van der Waals surface area contributed by atoms with Gasteiger partial charge in [-0.25, -0.2) is 12.8 Å². The Bertz CT molecular complexity index is 1210. The van der Waals surface area contributed by atoms with Crippen molar-refractivity contribution in [2.45, 2.75) is 57.7 Å². The van der Waals surface area contributed by atoms with Crippen LogP contribution in [0.2, 0.25) is 10.0 Å². The van der Waals surface area contributed by atoms with Gasteiger partial charge in [-0.15, -0.1) is 0 Å². The first kappa shape index (κ1) is 28.2. The third kappa shape index (κ3) is 7.33. The number of hydrogen-bond donors (Lipinski definition) is 1. The molecular weight excluding hydrogens is 528 g/mol. The van der Waals surface area contributed by atoms with Crippen molar-refractivity contribution in [3.63, 3.8) is 0 Å². The van der Waals surface area contributed by atoms with Gasteiger partial charge in [-0.1, -0.05) is 60.7 Å². The fraction of sp³-hybridized carbons (Fsp3) is 0.440. The topological polar surface area (TPSA) is 86.8 Å². The molecule has 0 aliphatic heterocycles. The molecule has 0 spiro atoms. The highest BCUT2D eigenvalue weighted by Gasteiger charge is 2.31. The van der Waals surface area contributed by atoms with E-state index in [1.54, 1.807) is 13.0 Å². The van der Waals surface area contributed by atoms with Crippen LogP contribution >= 0.6 is 23.2 Å². The Kier molecular flexibility index (Phi) is 9.60. The molecule has 36 heavy (non-hydrogen) atoms. The van der Waals surface area contributed by atoms with Crippen LogP contribution in [0.15, 0.2) is 42.5 Å². The van der Waals surface area contributed by atoms with Crippen LogP contribution in [-0.2, 0) is 26.2 Å². The predicted octanol–water partition coefficient (Wildman–Crippen LogP) is 4.76. The number of rotatable bonds is 9. The largest absolute Gasteiger partial charge is 0.352 e. The van der Waals surface area contributed by atoms with Gasteiger partial charge in [-0.05, 0) is 44.0 Å². The first-order chi connectivity index (χ1) is 17.0. The molecule has 1 N–H and O–H groups in total. The van der Waals surface area contributed by atoms with Crippen LogP contribution in [0, 0.1) is 5.82 Å². The Morgan fingerprint density at radius 2 is 1.75 bits per heavy atom. The molecule has 7 nitrogen and oxygen atoms in total. The SMILES string of the molecule is C[C@H](C(=O)NC1CCCCC1)N(Cc1ccccc1F)C(=O)CN(c1ccc(Cl)c(Cl)c1)S(C)(=O)=O. The fourth-order valence-electron chi connectivity index (χ4n) is 4.22. The molecule has 2 aromatic rings. The van der Waals surface area contributed by atoms with Crippen molar-refractivity contribution >= 4 is 50.7 Å². The predicted molar refractivity (Wildman–Crippen MR) is 140 cm³/mol. The summed E-state index contributed by atoms with van der Waals surface area (Å²) in [5, 5.41) is 3.35. The van der Waals surface area contributed by atoms with E-state index < -0.39 is 34.3 Å². The molecule has 0 aromatic heterocycles. The molecule has 0 radical (unpaired) electrons. The van der Waals surface area contributed by atoms with Gasteiger partial charge < -0.3 is 10.2 Å². The average molecular weight is 559 g/mol. The molecule has 1 aliphatic rings. The molecule has 0 saturated heterocycles. The van der Waals surface area contributed by atoms with E-state index in [2.05, 4.69) is 5.32 Å². The van der Waals surface area contributed by atoms with Crippen molar-refractivity contribution in [2.75, 3.05) is 17.1 Å². The number of carbonyl (C=O) groups is 2. The lowest BCUT2D eigenvalue weighted by Crippen LogP contribution is -2.53. The van der Waals surface area contributed by atoms with E-state index in [-0.39, 0.29) is 39.8 Å². The number of hydrogen-bond acceptors (Lipinski definition) is 4. The Morgan fingerprint density at radius 3 is 2.36 bits per heavy atom. The Balaban J connectivity index is 1.89. The normalized spacial score (nSPS) is 15.2. The molecule has 1 atom stereocenters. The minimum atomic E-state index is -3.92. The van der Waals surface area contributed by atoms with Crippen LogP contribution in [0.1, 0.15) is 44.6 Å². The van der Waals surface area contributed by atoms with Crippen molar-refractivity contribution in [3.8, 4) is 0 Å². The van der Waals surface area contributed by atoms with Gasteiger partial charge in [0.1, 0.15) is 18.4 Å². The smallest absolute Gasteiger partial charge is 0.244 e. The maximum atomic E-state index is 14.5. The summed E-state index contributed by atoms with van der Waals surface area (Å²) in [6.45, 7) is 0.747. The number of anilines is 1. The first-order valence-electron chi connectivity index (χ1n) is 11.7. The van der Waals surface area contributed by atoms with Gasteiger partial charge in [0.2, 0.25) is 21.8 Å². The summed E-state index contributed by atoms with van der Waals surface area (Å²) in [4.78, 5) is 27.8. The van der Waals surface area contributed by atoms with E-state index in [9.17, 15) is 22.4 Å². The van der Waals surface area contributed by atoms with E-state index in [4.69, 9.17) is 23.2 Å². The minimum Gasteiger partial charge on any atom is -0.352 e. The lowest BCUT2D eigenvalue weighted by atomic mass is 9.95. The molecule has 0 unspecified atom stereocenters. The van der Waals surface area contributed by atoms with Gasteiger partial charge in [0, 0.05) is 18.2 Å². The van der Waals surface area contributed by atoms with E-state index in [1.165, 1.54) is 41.3 Å². The summed E-state index contributed by atoms with van der Waals surface area (Å²) >= 11 is 12.0. The van der Waals surface area contributed by atoms with E-state index in [0.29, 0.717) is 0 Å². The lowest BCUT2D eigenvalue weighted by Gasteiger charge is -2.33. The molecule has 11 heteroatoms. The van der Waals surface area contributed by atoms with Gasteiger partial charge in [-0.2, -0.15) is 0 Å². The number of nitrogens with zero attached hydrogens (tertiary/aromatic N) is 2. The zero-order chi connectivity index (χ0) is 26.5. The van der Waals surface area contributed by atoms with Crippen LogP contribution in [0.25, 0.3) is 0 Å². The minimum absolute atomic E-state index is 0.0165. The van der Waals surface area contributed by atoms with Gasteiger partial charge in [-0.3, -0.25) is 13.9 Å². The van der Waals surface area contributed by atoms with Gasteiger partial charge in [0.15, 0.2) is 0 Å². The number of benzene rings is 2. The molecule has 2 amide bonds. The van der Waals surface area contributed by atoms with E-state index >= 15 is 0 Å². The van der Waals surface area contributed by atoms with Crippen LogP contribution in [-0.4, -0.2) is 50.0 Å². The summed E-state index contributed by atoms with van der Waals surface area (Å²) in [6.07, 6.45) is 5.84. The van der Waals surface area contributed by atoms with Gasteiger partial charge in [0.25, 0.3) is 0 Å². The summed E-state index contributed by atoms with van der Waals surface area (Å²) in [6, 6.07) is 9.21. The Hall–Kier alpha value is -2.36. The molecule has 3 rings (SSSR count). The summed E-state index contributed by atoms with van der Waals surface area (Å²) in [5.74, 6) is -1.56. The second kappa shape index (κ2) is 12.3. The highest BCUT2D eigenvalue weighted by molar-refractivity contribution is 7.92. The van der Waals surface area contributed by atoms with Crippen LogP contribution < -0.4 is 9.62 Å². The summed E-state index contributed by atoms with van der Waals surface area (Å²) in [7, 11) is -3.92. The number of sulfonamides is 1. The number of halogens is 3. The molecule has 0 heterocycles. The fourth-order valence-corrected chi connectivity index (χ4v) is 5.35. The molecule has 196 valence electrons. The van der Waals surface area contributed by atoms with Crippen molar-refractivity contribution in [3.05, 3.63) is 63.9 Å². The monoisotopic (exact) mass is 557 g/mol. The third-order valence-electron chi connectivity index (χ3n) is 6.29. The third-order valence-corrected chi connectivity index (χ3v) is 8.17. The van der Waals surface area contributed by atoms with Crippen molar-refractivity contribution in [1.82, 2.24) is 10.2 Å². The number of nitrogens with one attached hydrogen (secondary N) is 1. The zero-order valence-electron chi connectivity index (χ0n) is 20.2. The van der Waals surface area contributed by atoms with Gasteiger partial charge >= 0.3 is 0 Å². The van der Waals surface area contributed by atoms with Crippen LogP contribution in [0.5, 0.6) is 0 Å². The van der Waals surface area contributed by atoms with E-state index in [1.807, 2.05) is 0 Å². The van der Waals surface area contributed by atoms with Gasteiger partial charge in [0.05, 0.1) is 22.0 Å². The summed E-state index contributed by atoms with van der Waals surface area (Å²) in [5.41, 5.74) is 0.356. The number of amides is 2. The molecule has 0 bridgehead atoms. The maximum absolute atomic E-state index is 14.5. The van der Waals surface area contributed by atoms with E-state index in [0.717, 1.165) is 42.7 Å². The average Bonchev–Trinajstić information content (AvgIpc) is 2.83. The maximum Gasteiger partial charge on any atom is 0.244 e. The molecular formula is C25H30Cl2FN3O4S.